The number of carbonyl (C=O) groups excluding carboxylic acids is 3. The zero-order valence-corrected chi connectivity index (χ0v) is 47.0. The molecule has 6 nitrogen and oxygen atoms in total. The van der Waals surface area contributed by atoms with Crippen molar-refractivity contribution in [1.29, 1.82) is 0 Å². The highest BCUT2D eigenvalue weighted by molar-refractivity contribution is 5.71. The molecule has 0 unspecified atom stereocenters. The topological polar surface area (TPSA) is 78.9 Å². The Morgan fingerprint density at radius 2 is 0.549 bits per heavy atom. The summed E-state index contributed by atoms with van der Waals surface area (Å²) in [4.78, 5) is 38.2. The summed E-state index contributed by atoms with van der Waals surface area (Å²) in [6.45, 7) is 6.52. The monoisotopic (exact) mass is 991 g/mol. The van der Waals surface area contributed by atoms with Crippen LogP contribution in [-0.4, -0.2) is 37.2 Å². The van der Waals surface area contributed by atoms with Crippen molar-refractivity contribution in [2.45, 2.75) is 309 Å². The molecule has 0 N–H and O–H groups in total. The SMILES string of the molecule is CC/C=C/C/C=C/C/C=C/C/C=C/C/C=C/CCCCCC(=O)OC[C@@H](COC(=O)CCCCCCCCC/C=C/CCCCCC)OC(=O)CCCCCCCCCCCCCCCCCCCCC. The van der Waals surface area contributed by atoms with Gasteiger partial charge in [0, 0.05) is 19.3 Å². The van der Waals surface area contributed by atoms with Crippen LogP contribution in [0.25, 0.3) is 0 Å². The Hall–Kier alpha value is -3.15. The fourth-order valence-electron chi connectivity index (χ4n) is 8.64. The molecule has 0 rings (SSSR count). The molecule has 0 aliphatic heterocycles. The molecule has 1 atom stereocenters. The summed E-state index contributed by atoms with van der Waals surface area (Å²) in [5.41, 5.74) is 0. The Labute approximate surface area is 440 Å². The van der Waals surface area contributed by atoms with Crippen LogP contribution in [0.15, 0.2) is 72.9 Å². The van der Waals surface area contributed by atoms with Gasteiger partial charge in [0.05, 0.1) is 0 Å². The minimum absolute atomic E-state index is 0.0858. The Bertz CT molecular complexity index is 1320. The minimum atomic E-state index is -0.790. The van der Waals surface area contributed by atoms with Gasteiger partial charge in [-0.1, -0.05) is 267 Å². The summed E-state index contributed by atoms with van der Waals surface area (Å²) in [7, 11) is 0. The summed E-state index contributed by atoms with van der Waals surface area (Å²) in [5, 5.41) is 0. The second-order valence-electron chi connectivity index (χ2n) is 20.2. The number of hydrogen-bond donors (Lipinski definition) is 0. The van der Waals surface area contributed by atoms with Gasteiger partial charge in [-0.3, -0.25) is 14.4 Å². The number of hydrogen-bond acceptors (Lipinski definition) is 6. The van der Waals surface area contributed by atoms with Gasteiger partial charge in [0.15, 0.2) is 6.10 Å². The van der Waals surface area contributed by atoms with Gasteiger partial charge in [-0.2, -0.15) is 0 Å². The lowest BCUT2D eigenvalue weighted by Crippen LogP contribution is -2.30. The van der Waals surface area contributed by atoms with E-state index in [1.54, 1.807) is 0 Å². The van der Waals surface area contributed by atoms with Crippen LogP contribution in [0, 0.1) is 0 Å². The van der Waals surface area contributed by atoms with E-state index in [1.165, 1.54) is 167 Å². The van der Waals surface area contributed by atoms with Crippen molar-refractivity contribution < 1.29 is 28.6 Å². The van der Waals surface area contributed by atoms with E-state index in [0.717, 1.165) is 96.3 Å². The van der Waals surface area contributed by atoms with Crippen LogP contribution in [0.4, 0.5) is 0 Å². The maximum Gasteiger partial charge on any atom is 0.306 e. The second kappa shape index (κ2) is 59.4. The van der Waals surface area contributed by atoms with Crippen LogP contribution in [0.3, 0.4) is 0 Å². The minimum Gasteiger partial charge on any atom is -0.462 e. The molecule has 0 spiro atoms. The summed E-state index contributed by atoms with van der Waals surface area (Å²) in [6.07, 6.45) is 76.1. The number of ether oxygens (including phenoxy) is 3. The third-order valence-corrected chi connectivity index (χ3v) is 13.2. The van der Waals surface area contributed by atoms with Crippen LogP contribution in [0.5, 0.6) is 0 Å². The lowest BCUT2D eigenvalue weighted by molar-refractivity contribution is -0.167. The molecule has 0 amide bonds. The van der Waals surface area contributed by atoms with Crippen molar-refractivity contribution in [1.82, 2.24) is 0 Å². The fraction of sp³-hybridized carbons (Fsp3) is 0.769. The molecule has 0 saturated carbocycles. The van der Waals surface area contributed by atoms with Gasteiger partial charge < -0.3 is 14.2 Å². The quantitative estimate of drug-likeness (QED) is 0.0261. The molecule has 0 fully saturated rings. The molecule has 0 heterocycles. The van der Waals surface area contributed by atoms with Gasteiger partial charge in [0.1, 0.15) is 13.2 Å². The van der Waals surface area contributed by atoms with Crippen LogP contribution < -0.4 is 0 Å². The van der Waals surface area contributed by atoms with Gasteiger partial charge in [-0.15, -0.1) is 0 Å². The molecule has 6 heteroatoms. The van der Waals surface area contributed by atoms with Gasteiger partial charge in [0.2, 0.25) is 0 Å². The molecule has 0 bridgehead atoms. The molecule has 0 saturated heterocycles. The van der Waals surface area contributed by atoms with Crippen molar-refractivity contribution in [2.24, 2.45) is 0 Å². The standard InChI is InChI=1S/C65H114O6/c1-4-7-10-13-16-19-22-25-28-30-32-34-37-40-43-46-49-52-55-58-64(67)70-61-62(60-69-63(66)57-54-51-48-45-42-39-36-27-24-21-18-15-12-9-6-3)71-65(68)59-56-53-50-47-44-41-38-35-33-31-29-26-23-20-17-14-11-8-5-2/h7,10,16,19,21,24-25,28,32,34,40,43,62H,4-6,8-9,11-15,17-18,20,22-23,26-27,29-31,33,35-39,41-42,44-61H2,1-3H3/b10-7+,19-16+,24-21+,28-25+,34-32+,43-40+/t62-/m1/s1. The highest BCUT2D eigenvalue weighted by Gasteiger charge is 2.19. The average Bonchev–Trinajstić information content (AvgIpc) is 3.37. The first-order valence-electron chi connectivity index (χ1n) is 30.4. The van der Waals surface area contributed by atoms with Crippen molar-refractivity contribution in [3.8, 4) is 0 Å². The second-order valence-corrected chi connectivity index (χ2v) is 20.2. The Balaban J connectivity index is 4.41. The normalized spacial score (nSPS) is 12.5. The molecule has 0 aromatic carbocycles. The Kier molecular flexibility index (Phi) is 56.8. The van der Waals surface area contributed by atoms with E-state index in [0.29, 0.717) is 19.3 Å². The molecule has 0 aromatic rings. The lowest BCUT2D eigenvalue weighted by Gasteiger charge is -2.18. The van der Waals surface area contributed by atoms with E-state index >= 15 is 0 Å². The van der Waals surface area contributed by atoms with Crippen LogP contribution in [-0.2, 0) is 28.6 Å². The van der Waals surface area contributed by atoms with Gasteiger partial charge in [-0.05, 0) is 89.9 Å². The van der Waals surface area contributed by atoms with Gasteiger partial charge in [-0.25, -0.2) is 0 Å². The Morgan fingerprint density at radius 1 is 0.296 bits per heavy atom. The number of unbranched alkanes of at least 4 members (excludes halogenated alkanes) is 32. The van der Waals surface area contributed by atoms with Crippen molar-refractivity contribution >= 4 is 17.9 Å². The fourth-order valence-corrected chi connectivity index (χ4v) is 8.64. The zero-order valence-electron chi connectivity index (χ0n) is 47.0. The summed E-state index contributed by atoms with van der Waals surface area (Å²) >= 11 is 0. The van der Waals surface area contributed by atoms with Crippen LogP contribution in [0.1, 0.15) is 303 Å². The molecule has 71 heavy (non-hydrogen) atoms. The highest BCUT2D eigenvalue weighted by atomic mass is 16.6. The molecular formula is C65H114O6. The summed E-state index contributed by atoms with van der Waals surface area (Å²) in [5.74, 6) is -0.909. The van der Waals surface area contributed by atoms with Crippen LogP contribution >= 0.6 is 0 Å². The smallest absolute Gasteiger partial charge is 0.306 e. The molecule has 410 valence electrons. The highest BCUT2D eigenvalue weighted by Crippen LogP contribution is 2.16. The first kappa shape index (κ1) is 67.8. The number of rotatable bonds is 55. The van der Waals surface area contributed by atoms with E-state index in [4.69, 9.17) is 14.2 Å². The van der Waals surface area contributed by atoms with Crippen molar-refractivity contribution in [3.63, 3.8) is 0 Å². The first-order chi connectivity index (χ1) is 35.0. The largest absolute Gasteiger partial charge is 0.462 e. The Morgan fingerprint density at radius 3 is 0.901 bits per heavy atom. The average molecular weight is 992 g/mol. The zero-order chi connectivity index (χ0) is 51.4. The first-order valence-corrected chi connectivity index (χ1v) is 30.4. The van der Waals surface area contributed by atoms with E-state index in [2.05, 4.69) is 93.7 Å². The maximum absolute atomic E-state index is 12.9. The van der Waals surface area contributed by atoms with Gasteiger partial charge >= 0.3 is 17.9 Å². The summed E-state index contributed by atoms with van der Waals surface area (Å²) < 4.78 is 16.9. The molecule has 0 aliphatic rings. The van der Waals surface area contributed by atoms with Gasteiger partial charge in [0.25, 0.3) is 0 Å². The third-order valence-electron chi connectivity index (χ3n) is 13.2. The van der Waals surface area contributed by atoms with E-state index in [1.807, 2.05) is 0 Å². The molecule has 0 aliphatic carbocycles. The molecular weight excluding hydrogens is 877 g/mol. The van der Waals surface area contributed by atoms with E-state index in [-0.39, 0.29) is 31.1 Å². The summed E-state index contributed by atoms with van der Waals surface area (Å²) in [6, 6.07) is 0. The maximum atomic E-state index is 12.9. The third kappa shape index (κ3) is 57.6. The van der Waals surface area contributed by atoms with E-state index < -0.39 is 6.10 Å². The van der Waals surface area contributed by atoms with Crippen molar-refractivity contribution in [3.05, 3.63) is 72.9 Å². The molecule has 0 aromatic heterocycles. The van der Waals surface area contributed by atoms with E-state index in [9.17, 15) is 14.4 Å². The number of allylic oxidation sites excluding steroid dienone is 12. The van der Waals surface area contributed by atoms with Crippen molar-refractivity contribution in [2.75, 3.05) is 13.2 Å². The predicted octanol–water partition coefficient (Wildman–Crippen LogP) is 20.5. The van der Waals surface area contributed by atoms with Crippen LogP contribution in [0.2, 0.25) is 0 Å². The lowest BCUT2D eigenvalue weighted by atomic mass is 10.0. The molecule has 0 radical (unpaired) electrons. The predicted molar refractivity (Wildman–Crippen MR) is 307 cm³/mol. The number of carbonyl (C=O) groups is 3. The number of esters is 3.